The lowest BCUT2D eigenvalue weighted by atomic mass is 10.0. The predicted molar refractivity (Wildman–Crippen MR) is 61.3 cm³/mol. The van der Waals surface area contributed by atoms with Crippen LogP contribution in [0, 0.1) is 12.7 Å². The van der Waals surface area contributed by atoms with Crippen LogP contribution in [0.2, 0.25) is 0 Å². The van der Waals surface area contributed by atoms with Crippen LogP contribution in [0.4, 0.5) is 4.39 Å². The van der Waals surface area contributed by atoms with E-state index in [9.17, 15) is 4.39 Å². The first-order valence-corrected chi connectivity index (χ1v) is 5.58. The summed E-state index contributed by atoms with van der Waals surface area (Å²) in [6, 6.07) is 9.00. The van der Waals surface area contributed by atoms with E-state index in [1.165, 1.54) is 11.6 Å². The van der Waals surface area contributed by atoms with Gasteiger partial charge in [-0.05, 0) is 41.0 Å². The van der Waals surface area contributed by atoms with E-state index in [0.717, 1.165) is 21.7 Å². The number of rotatable bonds is 1. The Morgan fingerprint density at radius 1 is 1.21 bits per heavy atom. The second-order valence-electron chi connectivity index (χ2n) is 3.35. The Balaban J connectivity index is 2.79. The Morgan fingerprint density at radius 3 is 2.64 bits per heavy atom. The number of aryl methyl sites for hydroxylation is 1. The maximum Gasteiger partial charge on any atom is 0.123 e. The molecule has 0 saturated heterocycles. The van der Waals surface area contributed by atoms with Crippen LogP contribution in [0.5, 0.6) is 0 Å². The largest absolute Gasteiger partial charge is 0.207 e. The van der Waals surface area contributed by atoms with Gasteiger partial charge in [0.05, 0.1) is 0 Å². The molecule has 72 valence electrons. The molecule has 0 heterocycles. The first kappa shape index (κ1) is 9.66. The molecule has 0 aliphatic heterocycles. The number of hydrogen-bond acceptors (Lipinski definition) is 0. The van der Waals surface area contributed by atoms with Gasteiger partial charge < -0.3 is 0 Å². The van der Waals surface area contributed by atoms with Gasteiger partial charge in [0, 0.05) is 5.33 Å². The summed E-state index contributed by atoms with van der Waals surface area (Å²) in [5, 5.41) is 2.90. The zero-order chi connectivity index (χ0) is 10.1. The lowest BCUT2D eigenvalue weighted by Gasteiger charge is -2.06. The predicted octanol–water partition coefficient (Wildman–Crippen LogP) is 4.18. The molecule has 0 bridgehead atoms. The van der Waals surface area contributed by atoms with Crippen molar-refractivity contribution in [3.8, 4) is 0 Å². The van der Waals surface area contributed by atoms with Crippen LogP contribution in [-0.2, 0) is 5.33 Å². The SMILES string of the molecule is Cc1c(CBr)ccc2ccc(F)cc12. The third-order valence-corrected chi connectivity index (χ3v) is 3.11. The molecule has 0 aliphatic rings. The topological polar surface area (TPSA) is 0 Å². The molecule has 0 unspecified atom stereocenters. The maximum absolute atomic E-state index is 13.0. The van der Waals surface area contributed by atoms with E-state index < -0.39 is 0 Å². The molecule has 0 aliphatic carbocycles. The van der Waals surface area contributed by atoms with E-state index in [1.807, 2.05) is 19.1 Å². The fourth-order valence-electron chi connectivity index (χ4n) is 1.63. The highest BCUT2D eigenvalue weighted by Crippen LogP contribution is 2.24. The second kappa shape index (κ2) is 3.70. The van der Waals surface area contributed by atoms with Crippen molar-refractivity contribution in [2.24, 2.45) is 0 Å². The Hall–Kier alpha value is -0.890. The molecule has 2 aromatic carbocycles. The fraction of sp³-hybridized carbons (Fsp3) is 0.167. The molecule has 14 heavy (non-hydrogen) atoms. The Morgan fingerprint density at radius 2 is 1.93 bits per heavy atom. The molecule has 2 heteroatoms. The summed E-state index contributed by atoms with van der Waals surface area (Å²) in [6.45, 7) is 2.03. The Labute approximate surface area is 90.9 Å². The summed E-state index contributed by atoms with van der Waals surface area (Å²) >= 11 is 3.42. The highest BCUT2D eigenvalue weighted by atomic mass is 79.9. The van der Waals surface area contributed by atoms with Crippen molar-refractivity contribution in [3.05, 3.63) is 47.3 Å². The van der Waals surface area contributed by atoms with E-state index >= 15 is 0 Å². The standard InChI is InChI=1S/C12H10BrF/c1-8-10(7-13)3-2-9-4-5-11(14)6-12(8)9/h2-6H,7H2,1H3. The van der Waals surface area contributed by atoms with Gasteiger partial charge in [0.1, 0.15) is 5.82 Å². The highest BCUT2D eigenvalue weighted by molar-refractivity contribution is 9.08. The second-order valence-corrected chi connectivity index (χ2v) is 3.91. The quantitative estimate of drug-likeness (QED) is 0.668. The van der Waals surface area contributed by atoms with Crippen LogP contribution >= 0.6 is 15.9 Å². The number of alkyl halides is 1. The van der Waals surface area contributed by atoms with Crippen LogP contribution < -0.4 is 0 Å². The van der Waals surface area contributed by atoms with Gasteiger partial charge >= 0.3 is 0 Å². The molecule has 0 amide bonds. The van der Waals surface area contributed by atoms with Gasteiger partial charge in [-0.3, -0.25) is 0 Å². The van der Waals surface area contributed by atoms with Gasteiger partial charge in [-0.25, -0.2) is 4.39 Å². The molecular weight excluding hydrogens is 243 g/mol. The molecular formula is C12H10BrF. The van der Waals surface area contributed by atoms with Gasteiger partial charge in [0.15, 0.2) is 0 Å². The smallest absolute Gasteiger partial charge is 0.123 e. The van der Waals surface area contributed by atoms with Gasteiger partial charge in [0.25, 0.3) is 0 Å². The third-order valence-electron chi connectivity index (χ3n) is 2.51. The average molecular weight is 253 g/mol. The molecule has 0 N–H and O–H groups in total. The third kappa shape index (κ3) is 1.55. The van der Waals surface area contributed by atoms with Crippen molar-refractivity contribution < 1.29 is 4.39 Å². The van der Waals surface area contributed by atoms with Crippen LogP contribution in [0.25, 0.3) is 10.8 Å². The first-order chi connectivity index (χ1) is 6.72. The molecule has 2 rings (SSSR count). The van der Waals surface area contributed by atoms with Gasteiger partial charge in [-0.1, -0.05) is 34.1 Å². The highest BCUT2D eigenvalue weighted by Gasteiger charge is 2.03. The Bertz CT molecular complexity index is 477. The molecule has 0 radical (unpaired) electrons. The van der Waals surface area contributed by atoms with Crippen molar-refractivity contribution in [1.29, 1.82) is 0 Å². The first-order valence-electron chi connectivity index (χ1n) is 4.46. The van der Waals surface area contributed by atoms with Crippen molar-refractivity contribution in [3.63, 3.8) is 0 Å². The zero-order valence-electron chi connectivity index (χ0n) is 7.85. The monoisotopic (exact) mass is 252 g/mol. The summed E-state index contributed by atoms with van der Waals surface area (Å²) < 4.78 is 13.0. The van der Waals surface area contributed by atoms with Crippen molar-refractivity contribution >= 4 is 26.7 Å². The van der Waals surface area contributed by atoms with Crippen LogP contribution in [-0.4, -0.2) is 0 Å². The molecule has 0 fully saturated rings. The lowest BCUT2D eigenvalue weighted by molar-refractivity contribution is 0.629. The number of halogens is 2. The van der Waals surface area contributed by atoms with Crippen molar-refractivity contribution in [1.82, 2.24) is 0 Å². The minimum atomic E-state index is -0.174. The fourth-order valence-corrected chi connectivity index (χ4v) is 2.24. The van der Waals surface area contributed by atoms with E-state index in [1.54, 1.807) is 6.07 Å². The lowest BCUT2D eigenvalue weighted by Crippen LogP contribution is -1.87. The minimum absolute atomic E-state index is 0.174. The van der Waals surface area contributed by atoms with Gasteiger partial charge in [-0.2, -0.15) is 0 Å². The van der Waals surface area contributed by atoms with E-state index in [0.29, 0.717) is 0 Å². The van der Waals surface area contributed by atoms with Crippen molar-refractivity contribution in [2.75, 3.05) is 0 Å². The van der Waals surface area contributed by atoms with Crippen LogP contribution in [0.3, 0.4) is 0 Å². The minimum Gasteiger partial charge on any atom is -0.207 e. The number of fused-ring (bicyclic) bond motifs is 1. The van der Waals surface area contributed by atoms with E-state index in [2.05, 4.69) is 22.0 Å². The van der Waals surface area contributed by atoms with Gasteiger partial charge in [0.2, 0.25) is 0 Å². The summed E-state index contributed by atoms with van der Waals surface area (Å²) in [5.74, 6) is -0.174. The normalized spacial score (nSPS) is 10.8. The van der Waals surface area contributed by atoms with E-state index in [4.69, 9.17) is 0 Å². The summed E-state index contributed by atoms with van der Waals surface area (Å²) in [7, 11) is 0. The molecule has 0 saturated carbocycles. The Kier molecular flexibility index (Phi) is 2.55. The molecule has 0 spiro atoms. The van der Waals surface area contributed by atoms with Gasteiger partial charge in [-0.15, -0.1) is 0 Å². The molecule has 0 nitrogen and oxygen atoms in total. The summed E-state index contributed by atoms with van der Waals surface area (Å²) in [4.78, 5) is 0. The van der Waals surface area contributed by atoms with Crippen LogP contribution in [0.1, 0.15) is 11.1 Å². The summed E-state index contributed by atoms with van der Waals surface area (Å²) in [6.07, 6.45) is 0. The van der Waals surface area contributed by atoms with Crippen LogP contribution in [0.15, 0.2) is 30.3 Å². The number of hydrogen-bond donors (Lipinski definition) is 0. The molecule has 0 aromatic heterocycles. The maximum atomic E-state index is 13.0. The average Bonchev–Trinajstić information content (AvgIpc) is 2.20. The zero-order valence-corrected chi connectivity index (χ0v) is 9.44. The number of benzene rings is 2. The molecule has 2 aromatic rings. The molecule has 0 atom stereocenters. The van der Waals surface area contributed by atoms with Crippen molar-refractivity contribution in [2.45, 2.75) is 12.3 Å². The van der Waals surface area contributed by atoms with E-state index in [-0.39, 0.29) is 5.82 Å². The summed E-state index contributed by atoms with van der Waals surface area (Å²) in [5.41, 5.74) is 2.36.